The third-order valence-corrected chi connectivity index (χ3v) is 4.77. The minimum absolute atomic E-state index is 0.0986. The molecule has 1 aromatic carbocycles. The van der Waals surface area contributed by atoms with Crippen LogP contribution in [0.5, 0.6) is 5.75 Å². The number of nitrogens with one attached hydrogen (secondary N) is 1. The Balaban J connectivity index is 1.91. The second-order valence-corrected chi connectivity index (χ2v) is 6.47. The van der Waals surface area contributed by atoms with Crippen molar-refractivity contribution >= 4 is 11.6 Å². The van der Waals surface area contributed by atoms with Crippen LogP contribution in [0.4, 0.5) is 5.69 Å². The molecule has 3 unspecified atom stereocenters. The number of fused-ring (bicyclic) bond motifs is 1. The molecule has 2 heterocycles. The Kier molecular flexibility index (Phi) is 3.79. The highest BCUT2D eigenvalue weighted by molar-refractivity contribution is 5.99. The highest BCUT2D eigenvalue weighted by Crippen LogP contribution is 2.34. The molecule has 1 N–H and O–H groups in total. The molecule has 114 valence electrons. The van der Waals surface area contributed by atoms with Gasteiger partial charge in [0, 0.05) is 19.1 Å². The third kappa shape index (κ3) is 2.59. The van der Waals surface area contributed by atoms with Gasteiger partial charge in [-0.15, -0.1) is 0 Å². The van der Waals surface area contributed by atoms with E-state index in [0.717, 1.165) is 18.8 Å². The Morgan fingerprint density at radius 3 is 2.95 bits per heavy atom. The predicted molar refractivity (Wildman–Crippen MR) is 83.9 cm³/mol. The lowest BCUT2D eigenvalue weighted by Gasteiger charge is -2.41. The van der Waals surface area contributed by atoms with Crippen molar-refractivity contribution in [1.82, 2.24) is 4.90 Å². The zero-order valence-corrected chi connectivity index (χ0v) is 13.1. The second-order valence-electron chi connectivity index (χ2n) is 6.47. The SMILES string of the molecule is CC1CC(C)C(C)N(C(=O)c2cccc3c2OCCN3)C1. The predicted octanol–water partition coefficient (Wildman–Crippen LogP) is 3.00. The summed E-state index contributed by atoms with van der Waals surface area (Å²) in [5.41, 5.74) is 1.62. The first-order chi connectivity index (χ1) is 10.1. The molecule has 2 aliphatic heterocycles. The Labute approximate surface area is 126 Å². The van der Waals surface area contributed by atoms with Crippen LogP contribution in [0.1, 0.15) is 37.6 Å². The van der Waals surface area contributed by atoms with Gasteiger partial charge >= 0.3 is 0 Å². The first-order valence-electron chi connectivity index (χ1n) is 7.88. The molecule has 0 aliphatic carbocycles. The van der Waals surface area contributed by atoms with Gasteiger partial charge in [-0.05, 0) is 37.3 Å². The van der Waals surface area contributed by atoms with Gasteiger partial charge in [-0.2, -0.15) is 0 Å². The number of hydrogen-bond donors (Lipinski definition) is 1. The molecule has 1 aromatic rings. The number of amides is 1. The van der Waals surface area contributed by atoms with Crippen molar-refractivity contribution in [2.24, 2.45) is 11.8 Å². The van der Waals surface area contributed by atoms with Gasteiger partial charge in [0.1, 0.15) is 6.61 Å². The topological polar surface area (TPSA) is 41.6 Å². The van der Waals surface area contributed by atoms with Crippen LogP contribution in [0.25, 0.3) is 0 Å². The first-order valence-corrected chi connectivity index (χ1v) is 7.88. The first kappa shape index (κ1) is 14.2. The molecule has 0 saturated carbocycles. The van der Waals surface area contributed by atoms with Gasteiger partial charge in [-0.25, -0.2) is 0 Å². The molecule has 1 saturated heterocycles. The number of likely N-dealkylation sites (tertiary alicyclic amines) is 1. The van der Waals surface area contributed by atoms with E-state index in [-0.39, 0.29) is 11.9 Å². The standard InChI is InChI=1S/C17H24N2O2/c1-11-9-12(2)13(3)19(10-11)17(20)14-5-4-6-15-16(14)21-8-7-18-15/h4-6,11-13,18H,7-10H2,1-3H3. The molecule has 21 heavy (non-hydrogen) atoms. The quantitative estimate of drug-likeness (QED) is 0.863. The lowest BCUT2D eigenvalue weighted by molar-refractivity contribution is 0.0452. The van der Waals surface area contributed by atoms with E-state index in [2.05, 4.69) is 26.1 Å². The largest absolute Gasteiger partial charge is 0.489 e. The molecular formula is C17H24N2O2. The molecule has 4 nitrogen and oxygen atoms in total. The summed E-state index contributed by atoms with van der Waals surface area (Å²) in [5.74, 6) is 1.91. The third-order valence-electron chi connectivity index (χ3n) is 4.77. The Bertz CT molecular complexity index is 544. The smallest absolute Gasteiger partial charge is 0.257 e. The highest BCUT2D eigenvalue weighted by atomic mass is 16.5. The number of anilines is 1. The molecule has 2 aliphatic rings. The zero-order chi connectivity index (χ0) is 15.0. The molecule has 4 heteroatoms. The average Bonchev–Trinajstić information content (AvgIpc) is 2.49. The van der Waals surface area contributed by atoms with Crippen LogP contribution in [-0.4, -0.2) is 36.5 Å². The van der Waals surface area contributed by atoms with Crippen molar-refractivity contribution in [1.29, 1.82) is 0 Å². The number of piperidine rings is 1. The van der Waals surface area contributed by atoms with E-state index in [1.165, 1.54) is 6.42 Å². The van der Waals surface area contributed by atoms with Gasteiger partial charge in [0.25, 0.3) is 5.91 Å². The summed E-state index contributed by atoms with van der Waals surface area (Å²) in [7, 11) is 0. The molecule has 0 bridgehead atoms. The van der Waals surface area contributed by atoms with Gasteiger partial charge in [0.05, 0.1) is 11.3 Å². The number of rotatable bonds is 1. The van der Waals surface area contributed by atoms with Gasteiger partial charge < -0.3 is 15.0 Å². The summed E-state index contributed by atoms with van der Waals surface area (Å²) >= 11 is 0. The van der Waals surface area contributed by atoms with Crippen molar-refractivity contribution < 1.29 is 9.53 Å². The fraction of sp³-hybridized carbons (Fsp3) is 0.588. The van der Waals surface area contributed by atoms with Crippen LogP contribution in [0.3, 0.4) is 0 Å². The molecule has 0 spiro atoms. The van der Waals surface area contributed by atoms with E-state index in [0.29, 0.717) is 29.8 Å². The summed E-state index contributed by atoms with van der Waals surface area (Å²) in [6.45, 7) is 8.85. The molecule has 0 aromatic heterocycles. The molecule has 1 amide bonds. The van der Waals surface area contributed by atoms with E-state index in [9.17, 15) is 4.79 Å². The number of carbonyl (C=O) groups is 1. The highest BCUT2D eigenvalue weighted by Gasteiger charge is 2.34. The van der Waals surface area contributed by atoms with Gasteiger partial charge in [0.15, 0.2) is 5.75 Å². The summed E-state index contributed by atoms with van der Waals surface area (Å²) in [6, 6.07) is 6.05. The normalized spacial score (nSPS) is 28.3. The van der Waals surface area contributed by atoms with Crippen molar-refractivity contribution in [3.63, 3.8) is 0 Å². The number of para-hydroxylation sites is 1. The van der Waals surface area contributed by atoms with Gasteiger partial charge in [-0.3, -0.25) is 4.79 Å². The number of nitrogens with zero attached hydrogens (tertiary/aromatic N) is 1. The zero-order valence-electron chi connectivity index (χ0n) is 13.1. The van der Waals surface area contributed by atoms with Crippen molar-refractivity contribution in [2.75, 3.05) is 25.0 Å². The fourth-order valence-electron chi connectivity index (χ4n) is 3.48. The van der Waals surface area contributed by atoms with Crippen LogP contribution >= 0.6 is 0 Å². The lowest BCUT2D eigenvalue weighted by Crippen LogP contribution is -2.49. The number of benzene rings is 1. The molecule has 3 rings (SSSR count). The second kappa shape index (κ2) is 5.58. The maximum absolute atomic E-state index is 13.0. The molecule has 1 fully saturated rings. The lowest BCUT2D eigenvalue weighted by atomic mass is 9.85. The average molecular weight is 288 g/mol. The van der Waals surface area contributed by atoms with Gasteiger partial charge in [-0.1, -0.05) is 19.9 Å². The van der Waals surface area contributed by atoms with Gasteiger partial charge in [0.2, 0.25) is 0 Å². The van der Waals surface area contributed by atoms with Crippen molar-refractivity contribution in [3.8, 4) is 5.75 Å². The van der Waals surface area contributed by atoms with Crippen molar-refractivity contribution in [2.45, 2.75) is 33.2 Å². The Morgan fingerprint density at radius 2 is 2.14 bits per heavy atom. The minimum Gasteiger partial charge on any atom is -0.489 e. The van der Waals surface area contributed by atoms with Crippen molar-refractivity contribution in [3.05, 3.63) is 23.8 Å². The van der Waals surface area contributed by atoms with E-state index >= 15 is 0 Å². The molecule has 0 radical (unpaired) electrons. The number of hydrogen-bond acceptors (Lipinski definition) is 3. The van der Waals surface area contributed by atoms with Crippen LogP contribution in [0.2, 0.25) is 0 Å². The monoisotopic (exact) mass is 288 g/mol. The summed E-state index contributed by atoms with van der Waals surface area (Å²) < 4.78 is 5.75. The van der Waals surface area contributed by atoms with Crippen LogP contribution in [0, 0.1) is 11.8 Å². The minimum atomic E-state index is 0.0986. The van der Waals surface area contributed by atoms with Crippen LogP contribution < -0.4 is 10.1 Å². The summed E-state index contributed by atoms with van der Waals surface area (Å²) in [4.78, 5) is 15.0. The maximum atomic E-state index is 13.0. The summed E-state index contributed by atoms with van der Waals surface area (Å²) in [6.07, 6.45) is 1.19. The summed E-state index contributed by atoms with van der Waals surface area (Å²) in [5, 5.41) is 3.29. The number of ether oxygens (including phenoxy) is 1. The Hall–Kier alpha value is -1.71. The van der Waals surface area contributed by atoms with E-state index in [4.69, 9.17) is 4.74 Å². The van der Waals surface area contributed by atoms with E-state index < -0.39 is 0 Å². The Morgan fingerprint density at radius 1 is 1.33 bits per heavy atom. The van der Waals surface area contributed by atoms with E-state index in [1.807, 2.05) is 23.1 Å². The molecule has 3 atom stereocenters. The number of carbonyl (C=O) groups excluding carboxylic acids is 1. The maximum Gasteiger partial charge on any atom is 0.257 e. The fourth-order valence-corrected chi connectivity index (χ4v) is 3.48. The van der Waals surface area contributed by atoms with Crippen LogP contribution in [0.15, 0.2) is 18.2 Å². The molecular weight excluding hydrogens is 264 g/mol. The van der Waals surface area contributed by atoms with E-state index in [1.54, 1.807) is 0 Å². The van der Waals surface area contributed by atoms with Crippen LogP contribution in [-0.2, 0) is 0 Å².